The smallest absolute Gasteiger partial charge is 0.416 e. The van der Waals surface area contributed by atoms with E-state index in [1.54, 1.807) is 18.2 Å². The maximum absolute atomic E-state index is 12.9. The number of nitrogens with zero attached hydrogens (tertiary/aromatic N) is 2. The topological polar surface area (TPSA) is 103 Å². The number of carbonyl (C=O) groups is 2. The van der Waals surface area contributed by atoms with Gasteiger partial charge in [-0.25, -0.2) is 4.79 Å². The van der Waals surface area contributed by atoms with Gasteiger partial charge in [-0.1, -0.05) is 0 Å². The first-order chi connectivity index (χ1) is 18.6. The number of ether oxygens (including phenoxy) is 2. The number of halogens is 3. The van der Waals surface area contributed by atoms with Crippen LogP contribution in [0.1, 0.15) is 29.9 Å². The number of hydrogen-bond acceptors (Lipinski definition) is 6. The van der Waals surface area contributed by atoms with Crippen LogP contribution in [0.4, 0.5) is 29.3 Å². The summed E-state index contributed by atoms with van der Waals surface area (Å²) < 4.78 is 50.5. The van der Waals surface area contributed by atoms with Crippen molar-refractivity contribution in [2.24, 2.45) is 0 Å². The maximum Gasteiger partial charge on any atom is 0.416 e. The van der Waals surface area contributed by atoms with E-state index in [0.717, 1.165) is 30.8 Å². The molecule has 2 fully saturated rings. The number of anilines is 2. The summed E-state index contributed by atoms with van der Waals surface area (Å²) in [7, 11) is 2.02. The molecule has 0 aliphatic carbocycles. The number of nitrogens with one attached hydrogen (secondary N) is 2. The number of carbonyl (C=O) groups excluding carboxylic acids is 2. The summed E-state index contributed by atoms with van der Waals surface area (Å²) in [5, 5.41) is 15.2. The molecule has 39 heavy (non-hydrogen) atoms. The van der Waals surface area contributed by atoms with Crippen molar-refractivity contribution in [3.8, 4) is 5.75 Å². The van der Waals surface area contributed by atoms with Crippen LogP contribution < -0.4 is 15.4 Å². The highest BCUT2D eigenvalue weighted by atomic mass is 19.4. The van der Waals surface area contributed by atoms with Gasteiger partial charge in [0.1, 0.15) is 18.0 Å². The Labute approximate surface area is 223 Å². The molecule has 0 unspecified atom stereocenters. The first-order valence-electron chi connectivity index (χ1n) is 12.9. The summed E-state index contributed by atoms with van der Waals surface area (Å²) in [4.78, 5) is 29.5. The van der Waals surface area contributed by atoms with E-state index >= 15 is 0 Å². The fraction of sp³-hybridized carbons (Fsp3) is 0.481. The van der Waals surface area contributed by atoms with Gasteiger partial charge in [-0.3, -0.25) is 4.79 Å². The minimum atomic E-state index is -4.46. The van der Waals surface area contributed by atoms with Gasteiger partial charge in [0.15, 0.2) is 0 Å². The first-order valence-corrected chi connectivity index (χ1v) is 12.9. The maximum atomic E-state index is 12.9. The molecule has 0 aromatic heterocycles. The molecule has 0 bridgehead atoms. The molecule has 12 heteroatoms. The number of piperazine rings is 1. The lowest BCUT2D eigenvalue weighted by Crippen LogP contribution is -2.50. The molecule has 2 aromatic rings. The molecular formula is C27H31F3N4O5. The van der Waals surface area contributed by atoms with Gasteiger partial charge in [-0.15, -0.1) is 0 Å². The van der Waals surface area contributed by atoms with E-state index in [9.17, 15) is 27.9 Å². The zero-order valence-electron chi connectivity index (χ0n) is 21.4. The van der Waals surface area contributed by atoms with Gasteiger partial charge in [0, 0.05) is 49.0 Å². The largest absolute Gasteiger partial charge is 0.487 e. The average Bonchev–Trinajstić information content (AvgIpc) is 3.26. The normalized spacial score (nSPS) is 24.9. The number of hydrogen-bond donors (Lipinski definition) is 3. The van der Waals surface area contributed by atoms with E-state index in [4.69, 9.17) is 9.47 Å². The molecule has 3 aliphatic rings. The quantitative estimate of drug-likeness (QED) is 0.529. The molecule has 0 spiro atoms. The minimum Gasteiger partial charge on any atom is -0.487 e. The zero-order valence-corrected chi connectivity index (χ0v) is 21.4. The van der Waals surface area contributed by atoms with E-state index in [-0.39, 0.29) is 36.6 Å². The van der Waals surface area contributed by atoms with Gasteiger partial charge in [0.2, 0.25) is 5.91 Å². The van der Waals surface area contributed by atoms with Crippen molar-refractivity contribution >= 4 is 23.3 Å². The minimum absolute atomic E-state index is 0.0257. The van der Waals surface area contributed by atoms with Crippen molar-refractivity contribution in [3.63, 3.8) is 0 Å². The molecule has 2 saturated heterocycles. The number of benzene rings is 2. The first kappa shape index (κ1) is 27.2. The van der Waals surface area contributed by atoms with Crippen LogP contribution in [0.2, 0.25) is 0 Å². The van der Waals surface area contributed by atoms with Crippen LogP contribution in [0.15, 0.2) is 42.5 Å². The second-order valence-electron chi connectivity index (χ2n) is 10.2. The number of likely N-dealkylation sites (N-methyl/N-ethyl adjacent to an activating group) is 1. The van der Waals surface area contributed by atoms with E-state index in [1.807, 2.05) is 11.9 Å². The van der Waals surface area contributed by atoms with Crippen molar-refractivity contribution in [1.82, 2.24) is 9.80 Å². The molecule has 4 atom stereocenters. The number of amides is 3. The van der Waals surface area contributed by atoms with Gasteiger partial charge in [-0.2, -0.15) is 13.2 Å². The lowest BCUT2D eigenvalue weighted by molar-refractivity contribution is -0.150. The Bertz CT molecular complexity index is 1200. The molecule has 3 N–H and O–H groups in total. The van der Waals surface area contributed by atoms with Gasteiger partial charge in [0.25, 0.3) is 0 Å². The highest BCUT2D eigenvalue weighted by Gasteiger charge is 2.46. The van der Waals surface area contributed by atoms with Crippen molar-refractivity contribution < 1.29 is 37.3 Å². The molecule has 3 amide bonds. The van der Waals surface area contributed by atoms with Crippen LogP contribution in [0, 0.1) is 0 Å². The molecule has 3 aliphatic heterocycles. The third kappa shape index (κ3) is 6.13. The number of rotatable bonds is 5. The second-order valence-corrected chi connectivity index (χ2v) is 10.2. The predicted molar refractivity (Wildman–Crippen MR) is 137 cm³/mol. The average molecular weight is 549 g/mol. The predicted octanol–water partition coefficient (Wildman–Crippen LogP) is 3.51. The van der Waals surface area contributed by atoms with Crippen molar-refractivity contribution in [3.05, 3.63) is 53.6 Å². The van der Waals surface area contributed by atoms with Crippen LogP contribution in [-0.4, -0.2) is 85.0 Å². The van der Waals surface area contributed by atoms with Crippen LogP contribution in [0.3, 0.4) is 0 Å². The van der Waals surface area contributed by atoms with Crippen LogP contribution >= 0.6 is 0 Å². The van der Waals surface area contributed by atoms with Gasteiger partial charge in [0.05, 0.1) is 24.7 Å². The van der Waals surface area contributed by atoms with Gasteiger partial charge in [-0.05, 0) is 55.9 Å². The number of fused-ring (bicyclic) bond motifs is 3. The summed E-state index contributed by atoms with van der Waals surface area (Å²) in [6, 6.07) is 8.72. The fourth-order valence-corrected chi connectivity index (χ4v) is 5.38. The molecule has 0 saturated carbocycles. The Balaban J connectivity index is 1.24. The van der Waals surface area contributed by atoms with Crippen LogP contribution in [0.25, 0.3) is 0 Å². The lowest BCUT2D eigenvalue weighted by Gasteiger charge is -2.38. The number of urea groups is 1. The third-order valence-corrected chi connectivity index (χ3v) is 7.49. The van der Waals surface area contributed by atoms with E-state index in [2.05, 4.69) is 15.5 Å². The molecule has 5 rings (SSSR count). The highest BCUT2D eigenvalue weighted by molar-refractivity contribution is 5.99. The van der Waals surface area contributed by atoms with E-state index < -0.39 is 30.0 Å². The Hall–Kier alpha value is -3.35. The molecule has 210 valence electrons. The Morgan fingerprint density at radius 2 is 1.69 bits per heavy atom. The summed E-state index contributed by atoms with van der Waals surface area (Å²) in [5.74, 6) is 0.500. The monoisotopic (exact) mass is 548 g/mol. The molecular weight excluding hydrogens is 517 g/mol. The lowest BCUT2D eigenvalue weighted by atomic mass is 9.84. The van der Waals surface area contributed by atoms with Crippen molar-refractivity contribution in [2.45, 2.75) is 43.2 Å². The molecule has 9 nitrogen and oxygen atoms in total. The van der Waals surface area contributed by atoms with Crippen LogP contribution in [-0.2, 0) is 15.7 Å². The van der Waals surface area contributed by atoms with Crippen LogP contribution in [0.5, 0.6) is 5.75 Å². The van der Waals surface area contributed by atoms with Gasteiger partial charge >= 0.3 is 12.2 Å². The van der Waals surface area contributed by atoms with Gasteiger partial charge < -0.3 is 35.0 Å². The van der Waals surface area contributed by atoms with Crippen molar-refractivity contribution in [1.29, 1.82) is 0 Å². The zero-order chi connectivity index (χ0) is 27.7. The SMILES string of the molecule is CN1CCN(C(=O)C[C@H]2C[C@@H]3c4cc(NC(=O)Nc5ccc(C(F)(F)F)cc5)ccc4O[C@@H]3[C@H](CO)O2)CC1. The number of alkyl halides is 3. The second kappa shape index (κ2) is 11.0. The summed E-state index contributed by atoms with van der Waals surface area (Å²) in [6.45, 7) is 2.74. The highest BCUT2D eigenvalue weighted by Crippen LogP contribution is 2.47. The Morgan fingerprint density at radius 1 is 1.03 bits per heavy atom. The van der Waals surface area contributed by atoms with E-state index in [1.165, 1.54) is 12.1 Å². The standard InChI is InChI=1S/C27H31F3N4O5/c1-33-8-10-34(11-9-33)24(36)14-19-13-21-20-12-18(6-7-22(20)39-25(21)23(15-35)38-19)32-26(37)31-17-4-2-16(3-5-17)27(28,29)30/h2-7,12,19,21,23,25,35H,8-11,13-15H2,1H3,(H2,31,32,37)/t19-,21-,23+,25+/m1/s1. The molecule has 0 radical (unpaired) electrons. The number of aliphatic hydroxyl groups excluding tert-OH is 1. The number of aliphatic hydroxyl groups is 1. The van der Waals surface area contributed by atoms with E-state index in [0.29, 0.717) is 30.9 Å². The summed E-state index contributed by atoms with van der Waals surface area (Å²) in [6.07, 6.45) is -5.12. The Kier molecular flexibility index (Phi) is 7.70. The summed E-state index contributed by atoms with van der Waals surface area (Å²) >= 11 is 0. The third-order valence-electron chi connectivity index (χ3n) is 7.49. The Morgan fingerprint density at radius 3 is 2.36 bits per heavy atom. The van der Waals surface area contributed by atoms with Crippen molar-refractivity contribution in [2.75, 3.05) is 50.5 Å². The molecule has 2 aromatic carbocycles. The molecule has 3 heterocycles. The fourth-order valence-electron chi connectivity index (χ4n) is 5.38. The summed E-state index contributed by atoms with van der Waals surface area (Å²) in [5.41, 5.74) is 0.724.